The highest BCUT2D eigenvalue weighted by Crippen LogP contribution is 2.13. The van der Waals surface area contributed by atoms with E-state index in [-0.39, 0.29) is 17.3 Å². The summed E-state index contributed by atoms with van der Waals surface area (Å²) >= 11 is 0. The van der Waals surface area contributed by atoms with Gasteiger partial charge in [-0.3, -0.25) is 4.79 Å². The Labute approximate surface area is 159 Å². The molecule has 0 aliphatic carbocycles. The molecule has 1 aliphatic rings. The molecule has 27 heavy (non-hydrogen) atoms. The molecule has 2 aromatic rings. The number of piperazine rings is 1. The lowest BCUT2D eigenvalue weighted by molar-refractivity contribution is -0.127. The lowest BCUT2D eigenvalue weighted by Crippen LogP contribution is -2.46. The number of carbonyl (C=O) groups excluding carboxylic acids is 1. The molecule has 8 heteroatoms. The Hall–Kier alpha value is -2.42. The lowest BCUT2D eigenvalue weighted by atomic mass is 10.3. The molecule has 0 saturated carbocycles. The van der Waals surface area contributed by atoms with Crippen molar-refractivity contribution in [3.63, 3.8) is 0 Å². The monoisotopic (exact) mass is 389 g/mol. The number of amides is 1. The smallest absolute Gasteiger partial charge is 0.246 e. The summed E-state index contributed by atoms with van der Waals surface area (Å²) in [4.78, 5) is 16.4. The van der Waals surface area contributed by atoms with E-state index in [1.807, 2.05) is 7.05 Å². The minimum absolute atomic E-state index is 0.0392. The third kappa shape index (κ3) is 5.29. The standard InChI is InChI=1S/C19H23N3O4S/c1-21-11-13-22(14-12-21)19(23)10-9-16-7-8-17(26-16)15-20-27(24,25)18-5-3-2-4-6-18/h2-10,20H,11-15H2,1H3/b10-9+. The van der Waals surface area contributed by atoms with E-state index in [0.29, 0.717) is 24.6 Å². The Bertz CT molecular complexity index is 898. The van der Waals surface area contributed by atoms with Gasteiger partial charge in [-0.1, -0.05) is 18.2 Å². The first-order chi connectivity index (χ1) is 12.9. The molecule has 7 nitrogen and oxygen atoms in total. The van der Waals surface area contributed by atoms with Crippen LogP contribution in [0.2, 0.25) is 0 Å². The highest BCUT2D eigenvalue weighted by Gasteiger charge is 2.17. The number of rotatable bonds is 6. The molecular weight excluding hydrogens is 366 g/mol. The number of hydrogen-bond donors (Lipinski definition) is 1. The van der Waals surface area contributed by atoms with Gasteiger partial charge in [-0.05, 0) is 37.4 Å². The number of furan rings is 1. The molecule has 2 heterocycles. The van der Waals surface area contributed by atoms with Crippen molar-refractivity contribution in [3.8, 4) is 0 Å². The maximum absolute atomic E-state index is 12.2. The zero-order valence-electron chi connectivity index (χ0n) is 15.2. The van der Waals surface area contributed by atoms with Gasteiger partial charge in [0.1, 0.15) is 11.5 Å². The first kappa shape index (κ1) is 19.3. The summed E-state index contributed by atoms with van der Waals surface area (Å²) in [6.07, 6.45) is 3.10. The number of carbonyl (C=O) groups is 1. The number of nitrogens with zero attached hydrogens (tertiary/aromatic N) is 2. The van der Waals surface area contributed by atoms with Crippen LogP contribution < -0.4 is 4.72 Å². The van der Waals surface area contributed by atoms with Crippen molar-refractivity contribution in [2.45, 2.75) is 11.4 Å². The van der Waals surface area contributed by atoms with E-state index >= 15 is 0 Å². The molecule has 1 saturated heterocycles. The van der Waals surface area contributed by atoms with E-state index in [2.05, 4.69) is 9.62 Å². The van der Waals surface area contributed by atoms with Gasteiger partial charge in [-0.2, -0.15) is 0 Å². The summed E-state index contributed by atoms with van der Waals surface area (Å²) in [5.74, 6) is 0.929. The molecule has 1 N–H and O–H groups in total. The molecule has 0 atom stereocenters. The summed E-state index contributed by atoms with van der Waals surface area (Å²) in [5.41, 5.74) is 0. The molecule has 1 amide bonds. The molecule has 0 unspecified atom stereocenters. The fraction of sp³-hybridized carbons (Fsp3) is 0.316. The molecule has 1 aliphatic heterocycles. The summed E-state index contributed by atoms with van der Waals surface area (Å²) in [6.45, 7) is 3.20. The first-order valence-corrected chi connectivity index (χ1v) is 10.2. The van der Waals surface area contributed by atoms with Crippen LogP contribution in [0, 0.1) is 0 Å². The van der Waals surface area contributed by atoms with Crippen molar-refractivity contribution in [1.82, 2.24) is 14.5 Å². The first-order valence-electron chi connectivity index (χ1n) is 8.73. The molecule has 0 radical (unpaired) electrons. The van der Waals surface area contributed by atoms with Crippen LogP contribution in [0.15, 0.2) is 57.9 Å². The average molecular weight is 389 g/mol. The Kier molecular flexibility index (Phi) is 6.10. The van der Waals surface area contributed by atoms with Crippen LogP contribution in [-0.4, -0.2) is 57.4 Å². The Morgan fingerprint density at radius 3 is 2.52 bits per heavy atom. The number of benzene rings is 1. The SMILES string of the molecule is CN1CCN(C(=O)/C=C/c2ccc(CNS(=O)(=O)c3ccccc3)o2)CC1. The van der Waals surface area contributed by atoms with Gasteiger partial charge in [0.15, 0.2) is 0 Å². The summed E-state index contributed by atoms with van der Waals surface area (Å²) < 4.78 is 32.5. The number of nitrogens with one attached hydrogen (secondary N) is 1. The quantitative estimate of drug-likeness (QED) is 0.758. The zero-order valence-corrected chi connectivity index (χ0v) is 16.0. The predicted octanol–water partition coefficient (Wildman–Crippen LogP) is 1.55. The lowest BCUT2D eigenvalue weighted by Gasteiger charge is -2.31. The second-order valence-corrected chi connectivity index (χ2v) is 8.17. The van der Waals surface area contributed by atoms with E-state index in [1.165, 1.54) is 18.2 Å². The van der Waals surface area contributed by atoms with Crippen molar-refractivity contribution in [3.05, 3.63) is 60.1 Å². The summed E-state index contributed by atoms with van der Waals surface area (Å²) in [7, 11) is -1.55. The van der Waals surface area contributed by atoms with Crippen LogP contribution in [0.25, 0.3) is 6.08 Å². The van der Waals surface area contributed by atoms with Crippen molar-refractivity contribution in [2.75, 3.05) is 33.2 Å². The van der Waals surface area contributed by atoms with Crippen molar-refractivity contribution in [2.24, 2.45) is 0 Å². The fourth-order valence-corrected chi connectivity index (χ4v) is 3.73. The van der Waals surface area contributed by atoms with E-state index < -0.39 is 10.0 Å². The van der Waals surface area contributed by atoms with Crippen LogP contribution in [0.5, 0.6) is 0 Å². The highest BCUT2D eigenvalue weighted by molar-refractivity contribution is 7.89. The van der Waals surface area contributed by atoms with Gasteiger partial charge in [0.2, 0.25) is 15.9 Å². The molecule has 144 valence electrons. The van der Waals surface area contributed by atoms with Gasteiger partial charge in [0.25, 0.3) is 0 Å². The molecular formula is C19H23N3O4S. The van der Waals surface area contributed by atoms with Gasteiger partial charge < -0.3 is 14.2 Å². The topological polar surface area (TPSA) is 82.9 Å². The molecule has 3 rings (SSSR count). The van der Waals surface area contributed by atoms with Crippen LogP contribution >= 0.6 is 0 Å². The van der Waals surface area contributed by atoms with Gasteiger partial charge in [-0.15, -0.1) is 0 Å². The fourth-order valence-electron chi connectivity index (χ4n) is 2.71. The third-order valence-electron chi connectivity index (χ3n) is 4.38. The molecule has 1 fully saturated rings. The van der Waals surface area contributed by atoms with Crippen LogP contribution in [0.1, 0.15) is 11.5 Å². The zero-order chi connectivity index (χ0) is 19.3. The van der Waals surface area contributed by atoms with Gasteiger partial charge >= 0.3 is 0 Å². The number of likely N-dealkylation sites (N-methyl/N-ethyl adjacent to an activating group) is 1. The predicted molar refractivity (Wildman–Crippen MR) is 102 cm³/mol. The number of hydrogen-bond acceptors (Lipinski definition) is 5. The van der Waals surface area contributed by atoms with Crippen LogP contribution in [0.3, 0.4) is 0 Å². The van der Waals surface area contributed by atoms with Crippen LogP contribution in [-0.2, 0) is 21.4 Å². The molecule has 1 aromatic heterocycles. The van der Waals surface area contributed by atoms with E-state index in [1.54, 1.807) is 41.3 Å². The highest BCUT2D eigenvalue weighted by atomic mass is 32.2. The van der Waals surface area contributed by atoms with Crippen LogP contribution in [0.4, 0.5) is 0 Å². The minimum atomic E-state index is -3.59. The maximum Gasteiger partial charge on any atom is 0.246 e. The second kappa shape index (κ2) is 8.51. The Morgan fingerprint density at radius 2 is 1.81 bits per heavy atom. The van der Waals surface area contributed by atoms with E-state index in [9.17, 15) is 13.2 Å². The van der Waals surface area contributed by atoms with E-state index in [0.717, 1.165) is 13.1 Å². The molecule has 0 spiro atoms. The Morgan fingerprint density at radius 1 is 1.11 bits per heavy atom. The summed E-state index contributed by atoms with van der Waals surface area (Å²) in [5, 5.41) is 0. The largest absolute Gasteiger partial charge is 0.460 e. The normalized spacial score (nSPS) is 16.1. The van der Waals surface area contributed by atoms with Crippen molar-refractivity contribution >= 4 is 22.0 Å². The van der Waals surface area contributed by atoms with Gasteiger partial charge in [-0.25, -0.2) is 13.1 Å². The summed E-state index contributed by atoms with van der Waals surface area (Å²) in [6, 6.07) is 11.6. The second-order valence-electron chi connectivity index (χ2n) is 6.40. The third-order valence-corrected chi connectivity index (χ3v) is 5.79. The van der Waals surface area contributed by atoms with Crippen molar-refractivity contribution < 1.29 is 17.6 Å². The number of sulfonamides is 1. The maximum atomic E-state index is 12.2. The van der Waals surface area contributed by atoms with Gasteiger partial charge in [0.05, 0.1) is 11.4 Å². The Balaban J connectivity index is 1.55. The average Bonchev–Trinajstić information content (AvgIpc) is 3.14. The minimum Gasteiger partial charge on any atom is -0.460 e. The van der Waals surface area contributed by atoms with Crippen molar-refractivity contribution in [1.29, 1.82) is 0 Å². The molecule has 1 aromatic carbocycles. The van der Waals surface area contributed by atoms with Gasteiger partial charge in [0, 0.05) is 32.3 Å². The van der Waals surface area contributed by atoms with E-state index in [4.69, 9.17) is 4.42 Å². The molecule has 0 bridgehead atoms.